The second-order valence-corrected chi connectivity index (χ2v) is 6.20. The van der Waals surface area contributed by atoms with E-state index in [0.717, 1.165) is 39.0 Å². The number of rotatable bonds is 4. The van der Waals surface area contributed by atoms with E-state index in [4.69, 9.17) is 16.3 Å². The number of halogens is 1. The molecule has 0 radical (unpaired) electrons. The number of carbonyl (C=O) groups is 1. The van der Waals surface area contributed by atoms with Gasteiger partial charge in [-0.1, -0.05) is 35.9 Å². The van der Waals surface area contributed by atoms with E-state index in [2.05, 4.69) is 34.6 Å². The predicted octanol–water partition coefficient (Wildman–Crippen LogP) is 4.58. The Hall–Kier alpha value is -2.46. The first-order valence-corrected chi connectivity index (χ1v) is 8.13. The smallest absolute Gasteiger partial charge is 0.407 e. The van der Waals surface area contributed by atoms with Crippen molar-refractivity contribution in [1.29, 1.82) is 0 Å². The van der Waals surface area contributed by atoms with Crippen LogP contribution in [0.15, 0.2) is 42.6 Å². The lowest BCUT2D eigenvalue weighted by Crippen LogP contribution is -2.18. The number of fused-ring (bicyclic) bond motifs is 1. The van der Waals surface area contributed by atoms with E-state index in [-0.39, 0.29) is 6.61 Å². The molecule has 0 spiro atoms. The molecule has 2 aromatic carbocycles. The third-order valence-electron chi connectivity index (χ3n) is 4.00. The molecule has 0 fully saturated rings. The molecule has 0 aliphatic rings. The van der Waals surface area contributed by atoms with Gasteiger partial charge in [-0.05, 0) is 42.2 Å². The van der Waals surface area contributed by atoms with Crippen molar-refractivity contribution in [2.24, 2.45) is 0 Å². The molecule has 0 aliphatic heterocycles. The Balaban J connectivity index is 1.80. The van der Waals surface area contributed by atoms with Crippen LogP contribution in [-0.2, 0) is 17.8 Å². The van der Waals surface area contributed by atoms with E-state index in [0.29, 0.717) is 0 Å². The lowest BCUT2D eigenvalue weighted by atomic mass is 10.0. The van der Waals surface area contributed by atoms with Crippen LogP contribution in [0.3, 0.4) is 0 Å². The minimum absolute atomic E-state index is 0.239. The van der Waals surface area contributed by atoms with Crippen molar-refractivity contribution in [3.63, 3.8) is 0 Å². The topological polar surface area (TPSA) is 54.1 Å². The molecule has 1 amide bonds. The Morgan fingerprint density at radius 1 is 1.21 bits per heavy atom. The zero-order valence-electron chi connectivity index (χ0n) is 13.7. The average Bonchev–Trinajstić information content (AvgIpc) is 2.97. The largest absolute Gasteiger partial charge is 0.445 e. The fourth-order valence-electron chi connectivity index (χ4n) is 2.69. The van der Waals surface area contributed by atoms with Crippen LogP contribution in [0.2, 0.25) is 5.02 Å². The summed E-state index contributed by atoms with van der Waals surface area (Å²) in [4.78, 5) is 14.4. The summed E-state index contributed by atoms with van der Waals surface area (Å²) in [5.74, 6) is 0. The van der Waals surface area contributed by atoms with Crippen LogP contribution in [0.1, 0.15) is 22.3 Å². The number of aromatic amines is 1. The van der Waals surface area contributed by atoms with Crippen molar-refractivity contribution in [3.8, 4) is 0 Å². The number of nitrogens with one attached hydrogen (secondary N) is 2. The zero-order chi connectivity index (χ0) is 17.1. The summed E-state index contributed by atoms with van der Waals surface area (Å²) in [6, 6.07) is 12.4. The Labute approximate surface area is 145 Å². The van der Waals surface area contributed by atoms with Crippen molar-refractivity contribution in [1.82, 2.24) is 10.3 Å². The Morgan fingerprint density at radius 2 is 2.04 bits per heavy atom. The summed E-state index contributed by atoms with van der Waals surface area (Å²) in [5.41, 5.74) is 5.41. The van der Waals surface area contributed by atoms with Gasteiger partial charge in [0, 0.05) is 34.7 Å². The first-order chi connectivity index (χ1) is 11.6. The number of amides is 1. The molecule has 24 heavy (non-hydrogen) atoms. The molecule has 0 bridgehead atoms. The maximum atomic E-state index is 11.2. The van der Waals surface area contributed by atoms with Crippen molar-refractivity contribution in [2.75, 3.05) is 7.05 Å². The van der Waals surface area contributed by atoms with Gasteiger partial charge in [0.15, 0.2) is 0 Å². The van der Waals surface area contributed by atoms with Gasteiger partial charge in [0.1, 0.15) is 6.61 Å². The average molecular weight is 343 g/mol. The fraction of sp³-hybridized carbons (Fsp3) is 0.211. The number of hydrogen-bond acceptors (Lipinski definition) is 2. The summed E-state index contributed by atoms with van der Waals surface area (Å²) >= 11 is 6.32. The van der Waals surface area contributed by atoms with Crippen LogP contribution in [0.25, 0.3) is 10.9 Å². The van der Waals surface area contributed by atoms with Gasteiger partial charge in [0.05, 0.1) is 0 Å². The minimum atomic E-state index is -0.435. The van der Waals surface area contributed by atoms with Crippen LogP contribution >= 0.6 is 11.6 Å². The second-order valence-electron chi connectivity index (χ2n) is 5.79. The predicted molar refractivity (Wildman–Crippen MR) is 96.5 cm³/mol. The number of hydrogen-bond donors (Lipinski definition) is 2. The molecule has 0 atom stereocenters. The second kappa shape index (κ2) is 6.97. The van der Waals surface area contributed by atoms with Crippen LogP contribution in [0.5, 0.6) is 0 Å². The molecule has 0 saturated heterocycles. The molecule has 0 unspecified atom stereocenters. The van der Waals surface area contributed by atoms with Gasteiger partial charge in [0.2, 0.25) is 0 Å². The molecular formula is C19H19ClN2O2. The Morgan fingerprint density at radius 3 is 2.79 bits per heavy atom. The molecule has 1 aromatic heterocycles. The lowest BCUT2D eigenvalue weighted by Gasteiger charge is -2.07. The maximum absolute atomic E-state index is 11.2. The maximum Gasteiger partial charge on any atom is 0.407 e. The Kier molecular flexibility index (Phi) is 4.76. The van der Waals surface area contributed by atoms with Gasteiger partial charge in [0.25, 0.3) is 0 Å². The number of carbonyl (C=O) groups excluding carboxylic acids is 1. The van der Waals surface area contributed by atoms with Crippen molar-refractivity contribution >= 4 is 28.6 Å². The lowest BCUT2D eigenvalue weighted by molar-refractivity contribution is 0.142. The highest BCUT2D eigenvalue weighted by Gasteiger charge is 2.08. The number of aryl methyl sites for hydroxylation is 1. The SMILES string of the molecule is CNC(=O)OCc1c[nH]c2cc(Cc3ccc(C)cc3Cl)ccc12. The molecule has 0 saturated carbocycles. The van der Waals surface area contributed by atoms with Crippen LogP contribution < -0.4 is 5.32 Å². The van der Waals surface area contributed by atoms with Gasteiger partial charge in [-0.3, -0.25) is 0 Å². The van der Waals surface area contributed by atoms with E-state index < -0.39 is 6.09 Å². The van der Waals surface area contributed by atoms with E-state index in [9.17, 15) is 4.79 Å². The standard InChI is InChI=1S/C19H19ClN2O2/c1-12-3-5-14(17(20)7-12)8-13-4-6-16-15(10-22-18(16)9-13)11-24-19(23)21-2/h3-7,9-10,22H,8,11H2,1-2H3,(H,21,23). The number of alkyl carbamates (subject to hydrolysis) is 1. The summed E-state index contributed by atoms with van der Waals surface area (Å²) in [6.07, 6.45) is 2.21. The van der Waals surface area contributed by atoms with Crippen molar-refractivity contribution in [3.05, 3.63) is 69.9 Å². The first kappa shape index (κ1) is 16.4. The Bertz CT molecular complexity index is 886. The van der Waals surface area contributed by atoms with Gasteiger partial charge in [-0.15, -0.1) is 0 Å². The molecular weight excluding hydrogens is 324 g/mol. The summed E-state index contributed by atoms with van der Waals surface area (Å²) in [6.45, 7) is 2.27. The van der Waals surface area contributed by atoms with E-state index in [1.807, 2.05) is 25.3 Å². The zero-order valence-corrected chi connectivity index (χ0v) is 14.4. The van der Waals surface area contributed by atoms with Gasteiger partial charge in [-0.25, -0.2) is 4.79 Å². The third kappa shape index (κ3) is 3.54. The van der Waals surface area contributed by atoms with Gasteiger partial charge in [-0.2, -0.15) is 0 Å². The third-order valence-corrected chi connectivity index (χ3v) is 4.35. The molecule has 0 aliphatic carbocycles. The number of aromatic nitrogens is 1. The van der Waals surface area contributed by atoms with E-state index in [1.165, 1.54) is 5.56 Å². The molecule has 3 aromatic rings. The van der Waals surface area contributed by atoms with Crippen molar-refractivity contribution in [2.45, 2.75) is 20.0 Å². The van der Waals surface area contributed by atoms with Crippen LogP contribution in [-0.4, -0.2) is 18.1 Å². The van der Waals surface area contributed by atoms with Gasteiger partial charge < -0.3 is 15.0 Å². The highest BCUT2D eigenvalue weighted by molar-refractivity contribution is 6.31. The highest BCUT2D eigenvalue weighted by atomic mass is 35.5. The van der Waals surface area contributed by atoms with Crippen molar-refractivity contribution < 1.29 is 9.53 Å². The summed E-state index contributed by atoms with van der Waals surface area (Å²) in [7, 11) is 1.54. The molecule has 2 N–H and O–H groups in total. The molecule has 124 valence electrons. The summed E-state index contributed by atoms with van der Waals surface area (Å²) in [5, 5.41) is 4.28. The quantitative estimate of drug-likeness (QED) is 0.729. The number of benzene rings is 2. The first-order valence-electron chi connectivity index (χ1n) is 7.75. The summed E-state index contributed by atoms with van der Waals surface area (Å²) < 4.78 is 5.11. The molecule has 5 heteroatoms. The highest BCUT2D eigenvalue weighted by Crippen LogP contribution is 2.24. The van der Waals surface area contributed by atoms with Crippen LogP contribution in [0.4, 0.5) is 4.79 Å². The number of H-pyrrole nitrogens is 1. The minimum Gasteiger partial charge on any atom is -0.445 e. The molecule has 4 nitrogen and oxygen atoms in total. The molecule has 1 heterocycles. The van der Waals surface area contributed by atoms with E-state index >= 15 is 0 Å². The van der Waals surface area contributed by atoms with Crippen LogP contribution in [0, 0.1) is 6.92 Å². The fourth-order valence-corrected chi connectivity index (χ4v) is 3.00. The molecule has 3 rings (SSSR count). The monoisotopic (exact) mass is 342 g/mol. The normalized spacial score (nSPS) is 10.8. The van der Waals surface area contributed by atoms with E-state index in [1.54, 1.807) is 7.05 Å². The van der Waals surface area contributed by atoms with Gasteiger partial charge >= 0.3 is 6.09 Å². The number of ether oxygens (including phenoxy) is 1.